The second-order valence-electron chi connectivity index (χ2n) is 3.04. The van der Waals surface area contributed by atoms with E-state index in [-0.39, 0.29) is 18.7 Å². The highest BCUT2D eigenvalue weighted by Gasteiger charge is 2.35. The van der Waals surface area contributed by atoms with Gasteiger partial charge >= 0.3 is 0 Å². The summed E-state index contributed by atoms with van der Waals surface area (Å²) in [4.78, 5) is 0. The zero-order chi connectivity index (χ0) is 7.72. The fourth-order valence-electron chi connectivity index (χ4n) is 1.30. The maximum atomic E-state index is 8.79. The van der Waals surface area contributed by atoms with Crippen LogP contribution < -0.4 is 0 Å². The van der Waals surface area contributed by atoms with E-state index >= 15 is 0 Å². The largest absolute Gasteiger partial charge is 0.394 e. The highest BCUT2D eigenvalue weighted by atomic mass is 16.5. The van der Waals surface area contributed by atoms with Crippen LogP contribution in [-0.4, -0.2) is 31.7 Å². The highest BCUT2D eigenvalue weighted by molar-refractivity contribution is 6.11. The Bertz CT molecular complexity index is 118. The van der Waals surface area contributed by atoms with Gasteiger partial charge in [-0.1, -0.05) is 13.8 Å². The minimum Gasteiger partial charge on any atom is -0.394 e. The van der Waals surface area contributed by atoms with Crippen LogP contribution in [0.15, 0.2) is 0 Å². The standard InChI is InChI=1S/C7H13BO2/c1-4-5(2)7(8)10-6(4)3-9/h4-7,9H,3H2,1-2H3/t4-,5+,6+,7+/m0/s1. The van der Waals surface area contributed by atoms with Crippen molar-refractivity contribution < 1.29 is 9.84 Å². The van der Waals surface area contributed by atoms with Gasteiger partial charge in [-0.2, -0.15) is 0 Å². The zero-order valence-electron chi connectivity index (χ0n) is 6.45. The number of aliphatic hydroxyl groups is 1. The summed E-state index contributed by atoms with van der Waals surface area (Å²) in [7, 11) is 5.60. The van der Waals surface area contributed by atoms with Crippen molar-refractivity contribution in [2.75, 3.05) is 6.61 Å². The summed E-state index contributed by atoms with van der Waals surface area (Å²) < 4.78 is 5.26. The average Bonchev–Trinajstić information content (AvgIpc) is 2.17. The molecule has 1 rings (SSSR count). The van der Waals surface area contributed by atoms with Crippen molar-refractivity contribution >= 4 is 7.85 Å². The lowest BCUT2D eigenvalue weighted by Gasteiger charge is -2.12. The Hall–Kier alpha value is -0.0151. The van der Waals surface area contributed by atoms with Gasteiger partial charge in [-0.05, 0) is 11.8 Å². The number of aliphatic hydroxyl groups excluding tert-OH is 1. The predicted molar refractivity (Wildman–Crippen MR) is 39.8 cm³/mol. The van der Waals surface area contributed by atoms with Crippen LogP contribution in [0, 0.1) is 11.8 Å². The molecular formula is C7H13BO2. The molecule has 1 aliphatic heterocycles. The SMILES string of the molecule is [B][C@@H]1O[C@H](CO)[C@@H](C)[C@H]1C. The molecule has 0 aromatic heterocycles. The Morgan fingerprint density at radius 1 is 1.40 bits per heavy atom. The smallest absolute Gasteiger partial charge is 0.109 e. The first-order valence-corrected chi connectivity index (χ1v) is 3.68. The van der Waals surface area contributed by atoms with Gasteiger partial charge in [0.2, 0.25) is 0 Å². The van der Waals surface area contributed by atoms with Crippen molar-refractivity contribution in [3.05, 3.63) is 0 Å². The first kappa shape index (κ1) is 8.09. The van der Waals surface area contributed by atoms with E-state index < -0.39 is 0 Å². The van der Waals surface area contributed by atoms with Crippen LogP contribution in [-0.2, 0) is 4.74 Å². The van der Waals surface area contributed by atoms with Crippen molar-refractivity contribution in [3.8, 4) is 0 Å². The molecule has 0 saturated carbocycles. The van der Waals surface area contributed by atoms with Crippen LogP contribution in [0.1, 0.15) is 13.8 Å². The molecular weight excluding hydrogens is 127 g/mol. The molecule has 4 atom stereocenters. The van der Waals surface area contributed by atoms with Crippen LogP contribution in [0.4, 0.5) is 0 Å². The van der Waals surface area contributed by atoms with Crippen LogP contribution in [0.25, 0.3) is 0 Å². The van der Waals surface area contributed by atoms with Gasteiger partial charge in [0.05, 0.1) is 12.7 Å². The first-order valence-electron chi connectivity index (χ1n) is 3.68. The fraction of sp³-hybridized carbons (Fsp3) is 1.00. The molecule has 0 aromatic carbocycles. The topological polar surface area (TPSA) is 29.5 Å². The molecule has 0 amide bonds. The van der Waals surface area contributed by atoms with E-state index in [1.165, 1.54) is 0 Å². The number of hydrogen-bond donors (Lipinski definition) is 1. The van der Waals surface area contributed by atoms with E-state index in [9.17, 15) is 0 Å². The van der Waals surface area contributed by atoms with Crippen molar-refractivity contribution in [1.29, 1.82) is 0 Å². The van der Waals surface area contributed by atoms with Gasteiger partial charge in [0.15, 0.2) is 0 Å². The van der Waals surface area contributed by atoms with Gasteiger partial charge in [-0.25, -0.2) is 0 Å². The van der Waals surface area contributed by atoms with Crippen molar-refractivity contribution in [1.82, 2.24) is 0 Å². The maximum absolute atomic E-state index is 8.79. The Morgan fingerprint density at radius 3 is 2.20 bits per heavy atom. The molecule has 1 saturated heterocycles. The summed E-state index contributed by atoms with van der Waals surface area (Å²) in [6, 6.07) is -0.188. The van der Waals surface area contributed by atoms with Gasteiger partial charge < -0.3 is 9.84 Å². The van der Waals surface area contributed by atoms with Gasteiger partial charge in [0, 0.05) is 6.00 Å². The normalized spacial score (nSPS) is 47.9. The molecule has 1 heterocycles. The monoisotopic (exact) mass is 140 g/mol. The summed E-state index contributed by atoms with van der Waals surface area (Å²) in [6.07, 6.45) is -0.0509. The van der Waals surface area contributed by atoms with Gasteiger partial charge in [-0.15, -0.1) is 0 Å². The van der Waals surface area contributed by atoms with E-state index in [1.54, 1.807) is 0 Å². The number of hydrogen-bond acceptors (Lipinski definition) is 2. The molecule has 0 aromatic rings. The first-order chi connectivity index (χ1) is 4.66. The van der Waals surface area contributed by atoms with Crippen LogP contribution in [0.5, 0.6) is 0 Å². The lowest BCUT2D eigenvalue weighted by molar-refractivity contribution is 0.0286. The zero-order valence-corrected chi connectivity index (χ0v) is 6.45. The summed E-state index contributed by atoms with van der Waals surface area (Å²) in [6.45, 7) is 4.18. The molecule has 3 heteroatoms. The molecule has 2 radical (unpaired) electrons. The van der Waals surface area contributed by atoms with E-state index in [2.05, 4.69) is 6.92 Å². The number of rotatable bonds is 1. The van der Waals surface area contributed by atoms with Crippen LogP contribution >= 0.6 is 0 Å². The Kier molecular flexibility index (Phi) is 2.37. The molecule has 10 heavy (non-hydrogen) atoms. The predicted octanol–water partition coefficient (Wildman–Crippen LogP) is 0.144. The Balaban J connectivity index is 2.53. The van der Waals surface area contributed by atoms with Gasteiger partial charge in [0.25, 0.3) is 0 Å². The molecule has 56 valence electrons. The van der Waals surface area contributed by atoms with Crippen LogP contribution in [0.2, 0.25) is 0 Å². The van der Waals surface area contributed by atoms with Gasteiger partial charge in [0.1, 0.15) is 7.85 Å². The maximum Gasteiger partial charge on any atom is 0.109 e. The summed E-state index contributed by atoms with van der Waals surface area (Å²) in [5, 5.41) is 8.79. The minimum absolute atomic E-state index is 0.0509. The molecule has 1 N–H and O–H groups in total. The van der Waals surface area contributed by atoms with Gasteiger partial charge in [-0.3, -0.25) is 0 Å². The third kappa shape index (κ3) is 1.20. The molecule has 2 nitrogen and oxygen atoms in total. The lowest BCUT2D eigenvalue weighted by atomic mass is 9.82. The van der Waals surface area contributed by atoms with E-state index in [0.717, 1.165) is 0 Å². The molecule has 0 bridgehead atoms. The van der Waals surface area contributed by atoms with E-state index in [0.29, 0.717) is 11.8 Å². The van der Waals surface area contributed by atoms with Crippen LogP contribution in [0.3, 0.4) is 0 Å². The molecule has 0 spiro atoms. The molecule has 0 aliphatic carbocycles. The highest BCUT2D eigenvalue weighted by Crippen LogP contribution is 2.29. The quantitative estimate of drug-likeness (QED) is 0.525. The average molecular weight is 140 g/mol. The molecule has 0 unspecified atom stereocenters. The summed E-state index contributed by atoms with van der Waals surface area (Å²) in [5.74, 6) is 0.733. The number of ether oxygens (including phenoxy) is 1. The van der Waals surface area contributed by atoms with E-state index in [4.69, 9.17) is 17.7 Å². The van der Waals surface area contributed by atoms with Crippen molar-refractivity contribution in [2.24, 2.45) is 11.8 Å². The third-order valence-electron chi connectivity index (χ3n) is 2.45. The fourth-order valence-corrected chi connectivity index (χ4v) is 1.30. The Labute approximate surface area is 63.0 Å². The van der Waals surface area contributed by atoms with E-state index in [1.807, 2.05) is 6.92 Å². The molecule has 1 aliphatic rings. The Morgan fingerprint density at radius 2 is 2.00 bits per heavy atom. The molecule has 1 fully saturated rings. The third-order valence-corrected chi connectivity index (χ3v) is 2.45. The second-order valence-corrected chi connectivity index (χ2v) is 3.04. The lowest BCUT2D eigenvalue weighted by Crippen LogP contribution is -2.19. The van der Waals surface area contributed by atoms with Crippen molar-refractivity contribution in [3.63, 3.8) is 0 Å². The van der Waals surface area contributed by atoms with Crippen molar-refractivity contribution in [2.45, 2.75) is 26.0 Å². The summed E-state index contributed by atoms with van der Waals surface area (Å²) in [5.41, 5.74) is 0. The second kappa shape index (κ2) is 2.93. The minimum atomic E-state index is -0.188. The summed E-state index contributed by atoms with van der Waals surface area (Å²) >= 11 is 0.